The van der Waals surface area contributed by atoms with Crippen LogP contribution in [0.15, 0.2) is 18.2 Å². The molecule has 98 valence electrons. The number of hydrogen-bond acceptors (Lipinski definition) is 3. The molecule has 1 amide bonds. The van der Waals surface area contributed by atoms with Crippen LogP contribution in [-0.2, 0) is 0 Å². The summed E-state index contributed by atoms with van der Waals surface area (Å²) in [5, 5.41) is 19.2. The molecule has 0 radical (unpaired) electrons. The van der Waals surface area contributed by atoms with E-state index < -0.39 is 0 Å². The van der Waals surface area contributed by atoms with Crippen molar-refractivity contribution in [3.05, 3.63) is 23.8 Å². The Labute approximate surface area is 111 Å². The number of halogens is 1. The molecule has 0 spiro atoms. The number of phenols is 2. The van der Waals surface area contributed by atoms with Crippen molar-refractivity contribution in [1.29, 1.82) is 0 Å². The second-order valence-electron chi connectivity index (χ2n) is 4.71. The SMILES string of the molecule is CC1CN(C(=O)c2cccc(O)c2O)CCC1Cl. The Morgan fingerprint density at radius 1 is 1.44 bits per heavy atom. The molecular formula is C13H16ClNO3. The van der Waals surface area contributed by atoms with Gasteiger partial charge in [0.2, 0.25) is 0 Å². The second-order valence-corrected chi connectivity index (χ2v) is 5.27. The third-order valence-electron chi connectivity index (χ3n) is 3.33. The van der Waals surface area contributed by atoms with Crippen LogP contribution in [0.2, 0.25) is 0 Å². The number of aromatic hydroxyl groups is 2. The number of rotatable bonds is 1. The minimum Gasteiger partial charge on any atom is -0.504 e. The van der Waals surface area contributed by atoms with Gasteiger partial charge >= 0.3 is 0 Å². The normalized spacial score (nSPS) is 24.0. The van der Waals surface area contributed by atoms with E-state index in [2.05, 4.69) is 0 Å². The molecule has 0 bridgehead atoms. The fourth-order valence-electron chi connectivity index (χ4n) is 2.18. The molecule has 4 nitrogen and oxygen atoms in total. The first-order valence-corrected chi connectivity index (χ1v) is 6.38. The van der Waals surface area contributed by atoms with Gasteiger partial charge in [0, 0.05) is 18.5 Å². The van der Waals surface area contributed by atoms with Crippen molar-refractivity contribution in [3.63, 3.8) is 0 Å². The zero-order valence-electron chi connectivity index (χ0n) is 10.1. The Morgan fingerprint density at radius 2 is 2.17 bits per heavy atom. The topological polar surface area (TPSA) is 60.8 Å². The van der Waals surface area contributed by atoms with Gasteiger partial charge in [0.15, 0.2) is 11.5 Å². The fourth-order valence-corrected chi connectivity index (χ4v) is 2.35. The van der Waals surface area contributed by atoms with Crippen molar-refractivity contribution in [2.24, 2.45) is 5.92 Å². The van der Waals surface area contributed by atoms with Gasteiger partial charge in [0.05, 0.1) is 5.56 Å². The van der Waals surface area contributed by atoms with Crippen molar-refractivity contribution >= 4 is 17.5 Å². The number of hydrogen-bond donors (Lipinski definition) is 2. The van der Waals surface area contributed by atoms with Gasteiger partial charge in [-0.3, -0.25) is 4.79 Å². The van der Waals surface area contributed by atoms with Crippen LogP contribution in [-0.4, -0.2) is 39.5 Å². The van der Waals surface area contributed by atoms with Crippen LogP contribution in [0.25, 0.3) is 0 Å². The first-order valence-electron chi connectivity index (χ1n) is 5.95. The van der Waals surface area contributed by atoms with Gasteiger partial charge in [0.1, 0.15) is 0 Å². The van der Waals surface area contributed by atoms with Crippen LogP contribution in [0.3, 0.4) is 0 Å². The fraction of sp³-hybridized carbons (Fsp3) is 0.462. The molecule has 5 heteroatoms. The highest BCUT2D eigenvalue weighted by Gasteiger charge is 2.29. The van der Waals surface area contributed by atoms with Crippen LogP contribution in [0.4, 0.5) is 0 Å². The summed E-state index contributed by atoms with van der Waals surface area (Å²) < 4.78 is 0. The number of piperidine rings is 1. The number of alkyl halides is 1. The van der Waals surface area contributed by atoms with Crippen LogP contribution in [0.1, 0.15) is 23.7 Å². The van der Waals surface area contributed by atoms with E-state index in [1.807, 2.05) is 6.92 Å². The molecule has 1 aromatic rings. The zero-order chi connectivity index (χ0) is 13.3. The summed E-state index contributed by atoms with van der Waals surface area (Å²) in [5.74, 6) is -0.674. The molecule has 0 aromatic heterocycles. The second kappa shape index (κ2) is 5.06. The highest BCUT2D eigenvalue weighted by atomic mass is 35.5. The molecule has 0 saturated carbocycles. The maximum absolute atomic E-state index is 12.2. The van der Waals surface area contributed by atoms with E-state index in [9.17, 15) is 15.0 Å². The Balaban J connectivity index is 2.19. The maximum atomic E-state index is 12.2. The zero-order valence-corrected chi connectivity index (χ0v) is 10.9. The summed E-state index contributed by atoms with van der Waals surface area (Å²) >= 11 is 6.11. The Kier molecular flexibility index (Phi) is 3.66. The van der Waals surface area contributed by atoms with E-state index >= 15 is 0 Å². The number of benzene rings is 1. The third kappa shape index (κ3) is 2.38. The standard InChI is InChI=1S/C13H16ClNO3/c1-8-7-15(6-5-10(8)14)13(18)9-3-2-4-11(16)12(9)17/h2-4,8,10,16-17H,5-7H2,1H3. The van der Waals surface area contributed by atoms with Gasteiger partial charge < -0.3 is 15.1 Å². The Hall–Kier alpha value is -1.42. The Bertz CT molecular complexity index is 464. The molecular weight excluding hydrogens is 254 g/mol. The number of carbonyl (C=O) groups is 1. The van der Waals surface area contributed by atoms with Crippen LogP contribution in [0, 0.1) is 5.92 Å². The minimum atomic E-state index is -0.358. The molecule has 18 heavy (non-hydrogen) atoms. The first-order chi connectivity index (χ1) is 8.50. The van der Waals surface area contributed by atoms with E-state index in [1.165, 1.54) is 12.1 Å². The monoisotopic (exact) mass is 269 g/mol. The molecule has 2 unspecified atom stereocenters. The summed E-state index contributed by atoms with van der Waals surface area (Å²) in [4.78, 5) is 13.9. The number of para-hydroxylation sites is 1. The highest BCUT2D eigenvalue weighted by Crippen LogP contribution is 2.30. The molecule has 1 saturated heterocycles. The summed E-state index contributed by atoms with van der Waals surface area (Å²) in [5.41, 5.74) is 0.134. The van der Waals surface area contributed by atoms with Gasteiger partial charge in [-0.25, -0.2) is 0 Å². The molecule has 1 aromatic carbocycles. The van der Waals surface area contributed by atoms with Gasteiger partial charge in [-0.15, -0.1) is 11.6 Å². The van der Waals surface area contributed by atoms with Crippen molar-refractivity contribution in [2.45, 2.75) is 18.7 Å². The van der Waals surface area contributed by atoms with Crippen molar-refractivity contribution in [3.8, 4) is 11.5 Å². The van der Waals surface area contributed by atoms with E-state index in [0.717, 1.165) is 6.42 Å². The van der Waals surface area contributed by atoms with Gasteiger partial charge in [-0.2, -0.15) is 0 Å². The largest absolute Gasteiger partial charge is 0.504 e. The van der Waals surface area contributed by atoms with Crippen LogP contribution >= 0.6 is 11.6 Å². The summed E-state index contributed by atoms with van der Waals surface area (Å²) in [6.07, 6.45) is 0.744. The van der Waals surface area contributed by atoms with Gasteiger partial charge in [0.25, 0.3) is 5.91 Å². The molecule has 2 N–H and O–H groups in total. The van der Waals surface area contributed by atoms with Crippen molar-refractivity contribution < 1.29 is 15.0 Å². The van der Waals surface area contributed by atoms with E-state index in [4.69, 9.17) is 11.6 Å². The highest BCUT2D eigenvalue weighted by molar-refractivity contribution is 6.20. The van der Waals surface area contributed by atoms with Gasteiger partial charge in [-0.1, -0.05) is 13.0 Å². The molecule has 2 atom stereocenters. The van der Waals surface area contributed by atoms with Crippen molar-refractivity contribution in [2.75, 3.05) is 13.1 Å². The summed E-state index contributed by atoms with van der Waals surface area (Å²) in [6, 6.07) is 4.40. The first kappa shape index (κ1) is 13.0. The maximum Gasteiger partial charge on any atom is 0.257 e. The number of phenolic OH excluding ortho intramolecular Hbond substituents is 2. The van der Waals surface area contributed by atoms with E-state index in [-0.39, 0.29) is 34.3 Å². The molecule has 0 aliphatic carbocycles. The summed E-state index contributed by atoms with van der Waals surface area (Å²) in [6.45, 7) is 3.15. The lowest BCUT2D eigenvalue weighted by molar-refractivity contribution is 0.0683. The molecule has 1 fully saturated rings. The lowest BCUT2D eigenvalue weighted by Gasteiger charge is -2.34. The van der Waals surface area contributed by atoms with Crippen molar-refractivity contribution in [1.82, 2.24) is 4.90 Å². The lowest BCUT2D eigenvalue weighted by atomic mass is 9.98. The Morgan fingerprint density at radius 3 is 2.83 bits per heavy atom. The smallest absolute Gasteiger partial charge is 0.257 e. The average Bonchev–Trinajstić information content (AvgIpc) is 2.35. The molecule has 1 aliphatic rings. The lowest BCUT2D eigenvalue weighted by Crippen LogP contribution is -2.43. The van der Waals surface area contributed by atoms with Gasteiger partial charge in [-0.05, 0) is 24.5 Å². The van der Waals surface area contributed by atoms with E-state index in [0.29, 0.717) is 13.1 Å². The van der Waals surface area contributed by atoms with E-state index in [1.54, 1.807) is 11.0 Å². The summed E-state index contributed by atoms with van der Waals surface area (Å²) in [7, 11) is 0. The molecule has 1 heterocycles. The third-order valence-corrected chi connectivity index (χ3v) is 3.98. The average molecular weight is 270 g/mol. The minimum absolute atomic E-state index is 0.0897. The predicted octanol–water partition coefficient (Wildman–Crippen LogP) is 2.19. The number of amides is 1. The number of carbonyl (C=O) groups excluding carboxylic acids is 1. The molecule has 2 rings (SSSR count). The number of likely N-dealkylation sites (tertiary alicyclic amines) is 1. The quantitative estimate of drug-likeness (QED) is 0.607. The number of nitrogens with zero attached hydrogens (tertiary/aromatic N) is 1. The van der Waals surface area contributed by atoms with Crippen LogP contribution < -0.4 is 0 Å². The molecule has 1 aliphatic heterocycles. The van der Waals surface area contributed by atoms with Crippen LogP contribution in [0.5, 0.6) is 11.5 Å². The predicted molar refractivity (Wildman–Crippen MR) is 69.1 cm³/mol.